The van der Waals surface area contributed by atoms with Gasteiger partial charge in [0.2, 0.25) is 5.91 Å². The third-order valence-electron chi connectivity index (χ3n) is 5.89. The zero-order chi connectivity index (χ0) is 20.8. The fourth-order valence-corrected chi connectivity index (χ4v) is 5.20. The molecule has 0 spiro atoms. The molecule has 0 fully saturated rings. The molecule has 1 aliphatic rings. The van der Waals surface area contributed by atoms with Gasteiger partial charge in [0.15, 0.2) is 5.16 Å². The van der Waals surface area contributed by atoms with Gasteiger partial charge in [-0.1, -0.05) is 74.3 Å². The van der Waals surface area contributed by atoms with E-state index >= 15 is 0 Å². The molecular weight excluding hydrogens is 390 g/mol. The summed E-state index contributed by atoms with van der Waals surface area (Å²) in [5.74, 6) is 0.489. The molecule has 0 unspecified atom stereocenters. The third-order valence-corrected chi connectivity index (χ3v) is 6.87. The minimum Gasteiger partial charge on any atom is -0.349 e. The van der Waals surface area contributed by atoms with Crippen LogP contribution in [0.2, 0.25) is 0 Å². The summed E-state index contributed by atoms with van der Waals surface area (Å²) in [6, 6.07) is 16.9. The van der Waals surface area contributed by atoms with Gasteiger partial charge >= 0.3 is 0 Å². The van der Waals surface area contributed by atoms with Gasteiger partial charge in [-0.2, -0.15) is 0 Å². The summed E-state index contributed by atoms with van der Waals surface area (Å²) < 4.78 is 2.29. The number of imidazole rings is 1. The maximum atomic E-state index is 12.8. The first-order chi connectivity index (χ1) is 14.8. The van der Waals surface area contributed by atoms with Crippen LogP contribution in [0.5, 0.6) is 0 Å². The van der Waals surface area contributed by atoms with Gasteiger partial charge in [0, 0.05) is 6.54 Å². The topological polar surface area (TPSA) is 46.9 Å². The summed E-state index contributed by atoms with van der Waals surface area (Å²) in [7, 11) is 0. The molecule has 3 aromatic rings. The van der Waals surface area contributed by atoms with Gasteiger partial charge in [0.1, 0.15) is 0 Å². The summed E-state index contributed by atoms with van der Waals surface area (Å²) in [5.41, 5.74) is 4.83. The van der Waals surface area contributed by atoms with E-state index in [-0.39, 0.29) is 11.9 Å². The number of nitrogens with zero attached hydrogens (tertiary/aromatic N) is 2. The Kier molecular flexibility index (Phi) is 7.11. The van der Waals surface area contributed by atoms with Gasteiger partial charge in [0.05, 0.1) is 22.8 Å². The predicted octanol–water partition coefficient (Wildman–Crippen LogP) is 5.90. The van der Waals surface area contributed by atoms with Crippen molar-refractivity contribution in [3.63, 3.8) is 0 Å². The number of carbonyl (C=O) groups excluding carboxylic acids is 1. The lowest BCUT2D eigenvalue weighted by Gasteiger charge is -2.26. The Hall–Kier alpha value is -2.27. The van der Waals surface area contributed by atoms with Gasteiger partial charge in [-0.25, -0.2) is 4.98 Å². The smallest absolute Gasteiger partial charge is 0.230 e. The van der Waals surface area contributed by atoms with E-state index in [4.69, 9.17) is 4.98 Å². The lowest BCUT2D eigenvalue weighted by atomic mass is 9.88. The molecule has 0 aliphatic heterocycles. The van der Waals surface area contributed by atoms with E-state index in [1.165, 1.54) is 30.4 Å². The van der Waals surface area contributed by atoms with E-state index in [1.54, 1.807) is 11.8 Å². The Balaban J connectivity index is 1.41. The monoisotopic (exact) mass is 421 g/mol. The second-order valence-corrected chi connectivity index (χ2v) is 9.04. The molecule has 1 heterocycles. The lowest BCUT2D eigenvalue weighted by molar-refractivity contribution is -0.119. The lowest BCUT2D eigenvalue weighted by Crippen LogP contribution is -2.32. The molecule has 0 saturated heterocycles. The molecular formula is C25H31N3OS. The molecule has 0 radical (unpaired) electrons. The highest BCUT2D eigenvalue weighted by Gasteiger charge is 2.21. The highest BCUT2D eigenvalue weighted by atomic mass is 32.2. The van der Waals surface area contributed by atoms with E-state index in [9.17, 15) is 4.79 Å². The van der Waals surface area contributed by atoms with E-state index in [2.05, 4.69) is 59.3 Å². The van der Waals surface area contributed by atoms with Crippen molar-refractivity contribution in [3.8, 4) is 0 Å². The number of nitrogens with one attached hydrogen (secondary N) is 1. The number of hydrogen-bond acceptors (Lipinski definition) is 3. The van der Waals surface area contributed by atoms with Gasteiger partial charge in [-0.05, 0) is 48.9 Å². The van der Waals surface area contributed by atoms with Crippen LogP contribution in [0.1, 0.15) is 62.6 Å². The van der Waals surface area contributed by atoms with Crippen LogP contribution in [0.15, 0.2) is 53.7 Å². The molecule has 1 N–H and O–H groups in total. The van der Waals surface area contributed by atoms with Gasteiger partial charge in [-0.3, -0.25) is 4.79 Å². The SMILES string of the molecule is CCCCCCn1c(SCC(=O)N[C@@H]2CCCc3ccccc32)nc2ccccc21. The van der Waals surface area contributed by atoms with Crippen LogP contribution < -0.4 is 5.32 Å². The number of aromatic nitrogens is 2. The molecule has 0 bridgehead atoms. The third kappa shape index (κ3) is 4.89. The molecule has 30 heavy (non-hydrogen) atoms. The van der Waals surface area contributed by atoms with Crippen molar-refractivity contribution in [1.29, 1.82) is 0 Å². The number of carbonyl (C=O) groups is 1. The Morgan fingerprint density at radius 3 is 2.87 bits per heavy atom. The molecule has 0 saturated carbocycles. The summed E-state index contributed by atoms with van der Waals surface area (Å²) in [6.07, 6.45) is 8.13. The summed E-state index contributed by atoms with van der Waals surface area (Å²) in [4.78, 5) is 17.6. The first-order valence-electron chi connectivity index (χ1n) is 11.2. The molecule has 4 nitrogen and oxygen atoms in total. The molecule has 158 valence electrons. The minimum absolute atomic E-state index is 0.0892. The van der Waals surface area contributed by atoms with Crippen molar-refractivity contribution in [2.24, 2.45) is 0 Å². The average molecular weight is 422 g/mol. The summed E-state index contributed by atoms with van der Waals surface area (Å²) in [5, 5.41) is 4.21. The Labute approximate surface area is 183 Å². The Morgan fingerprint density at radius 1 is 1.13 bits per heavy atom. The van der Waals surface area contributed by atoms with Crippen LogP contribution >= 0.6 is 11.8 Å². The van der Waals surface area contributed by atoms with Crippen LogP contribution in [0.25, 0.3) is 11.0 Å². The van der Waals surface area contributed by atoms with Crippen molar-refractivity contribution in [2.75, 3.05) is 5.75 Å². The molecule has 1 atom stereocenters. The van der Waals surface area contributed by atoms with Gasteiger partial charge in [-0.15, -0.1) is 0 Å². The Morgan fingerprint density at radius 2 is 1.97 bits per heavy atom. The number of unbranched alkanes of at least 4 members (excludes halogenated alkanes) is 3. The van der Waals surface area contributed by atoms with Crippen LogP contribution in [-0.4, -0.2) is 21.2 Å². The number of amides is 1. The molecule has 5 heteroatoms. The normalized spacial score (nSPS) is 15.8. The minimum atomic E-state index is 0.0892. The molecule has 1 amide bonds. The first-order valence-corrected chi connectivity index (χ1v) is 12.2. The fraction of sp³-hybridized carbons (Fsp3) is 0.440. The highest BCUT2D eigenvalue weighted by molar-refractivity contribution is 7.99. The second-order valence-electron chi connectivity index (χ2n) is 8.10. The zero-order valence-corrected chi connectivity index (χ0v) is 18.6. The number of thioether (sulfide) groups is 1. The van der Waals surface area contributed by atoms with E-state index in [1.807, 2.05) is 6.07 Å². The number of para-hydroxylation sites is 2. The van der Waals surface area contributed by atoms with E-state index in [0.717, 1.165) is 48.4 Å². The van der Waals surface area contributed by atoms with Crippen LogP contribution in [0, 0.1) is 0 Å². The first kappa shape index (κ1) is 21.0. The molecule has 4 rings (SSSR count). The summed E-state index contributed by atoms with van der Waals surface area (Å²) in [6.45, 7) is 3.19. The number of benzene rings is 2. The van der Waals surface area contributed by atoms with Crippen LogP contribution in [-0.2, 0) is 17.8 Å². The highest BCUT2D eigenvalue weighted by Crippen LogP contribution is 2.30. The predicted molar refractivity (Wildman–Crippen MR) is 125 cm³/mol. The second kappa shape index (κ2) is 10.2. The van der Waals surface area contributed by atoms with Crippen molar-refractivity contribution >= 4 is 28.7 Å². The number of aryl methyl sites for hydroxylation is 2. The number of fused-ring (bicyclic) bond motifs is 2. The van der Waals surface area contributed by atoms with Crippen LogP contribution in [0.4, 0.5) is 0 Å². The summed E-state index contributed by atoms with van der Waals surface area (Å²) >= 11 is 1.55. The van der Waals surface area contributed by atoms with Gasteiger partial charge < -0.3 is 9.88 Å². The standard InChI is InChI=1S/C25H31N3OS/c1-2-3-4-9-17-28-23-16-8-7-14-22(23)27-25(28)30-18-24(29)26-21-15-10-12-19-11-5-6-13-20(19)21/h5-8,11,13-14,16,21H,2-4,9-10,12,15,17-18H2,1H3,(H,26,29)/t21-/m1/s1. The number of hydrogen-bond donors (Lipinski definition) is 1. The molecule has 1 aromatic heterocycles. The van der Waals surface area contributed by atoms with Crippen molar-refractivity contribution in [1.82, 2.24) is 14.9 Å². The van der Waals surface area contributed by atoms with E-state index < -0.39 is 0 Å². The zero-order valence-electron chi connectivity index (χ0n) is 17.8. The van der Waals surface area contributed by atoms with Gasteiger partial charge in [0.25, 0.3) is 0 Å². The molecule has 1 aliphatic carbocycles. The largest absolute Gasteiger partial charge is 0.349 e. The molecule has 2 aromatic carbocycles. The Bertz CT molecular complexity index is 997. The van der Waals surface area contributed by atoms with Crippen molar-refractivity contribution < 1.29 is 4.79 Å². The van der Waals surface area contributed by atoms with Crippen LogP contribution in [0.3, 0.4) is 0 Å². The van der Waals surface area contributed by atoms with E-state index in [0.29, 0.717) is 5.75 Å². The fourth-order valence-electron chi connectivity index (χ4n) is 4.35. The quantitative estimate of drug-likeness (QED) is 0.345. The maximum absolute atomic E-state index is 12.8. The average Bonchev–Trinajstić information content (AvgIpc) is 3.13. The maximum Gasteiger partial charge on any atom is 0.230 e. The van der Waals surface area contributed by atoms with Crippen molar-refractivity contribution in [2.45, 2.75) is 69.6 Å². The number of rotatable bonds is 9. The van der Waals surface area contributed by atoms with Crippen molar-refractivity contribution in [3.05, 3.63) is 59.7 Å².